The molecule has 0 saturated carbocycles. The summed E-state index contributed by atoms with van der Waals surface area (Å²) in [6.07, 6.45) is 2.33. The summed E-state index contributed by atoms with van der Waals surface area (Å²) in [6, 6.07) is -0.571. The van der Waals surface area contributed by atoms with Crippen LogP contribution in [-0.4, -0.2) is 44.8 Å². The predicted octanol–water partition coefficient (Wildman–Crippen LogP) is 0.368. The molecule has 1 fully saturated rings. The summed E-state index contributed by atoms with van der Waals surface area (Å²) in [5.74, 6) is -0.146. The molecule has 1 rings (SSSR count). The van der Waals surface area contributed by atoms with Crippen LogP contribution in [0.5, 0.6) is 0 Å². The first-order valence-corrected chi connectivity index (χ1v) is 8.13. The fraction of sp³-hybridized carbons (Fsp3) is 0.750. The first kappa shape index (κ1) is 16.6. The Morgan fingerprint density at radius 2 is 1.70 bits per heavy atom. The number of nitrogens with one attached hydrogen (secondary N) is 2. The minimum Gasteiger partial charge on any atom is -0.481 e. The Hall–Kier alpha value is -1.44. The third-order valence-electron chi connectivity index (χ3n) is 3.02. The molecule has 1 saturated heterocycles. The Bertz CT molecular complexity index is 389. The van der Waals surface area contributed by atoms with Gasteiger partial charge in [0.15, 0.2) is 0 Å². The molecule has 1 heterocycles. The molecule has 0 aromatic carbocycles. The van der Waals surface area contributed by atoms with Gasteiger partial charge in [-0.1, -0.05) is 0 Å². The standard InChI is InChI=1S/C12H20N2O5S/c15-10(3-1-2-4-11(16)17)14-12(18)13-9-5-7-20(19)8-6-9/h9H,1-8H2,(H,16,17)(H2,13,14,15,18). The van der Waals surface area contributed by atoms with E-state index >= 15 is 0 Å². The Labute approximate surface area is 120 Å². The molecule has 114 valence electrons. The minimum absolute atomic E-state index is 0.0265. The van der Waals surface area contributed by atoms with Crippen LogP contribution >= 0.6 is 0 Å². The highest BCUT2D eigenvalue weighted by Crippen LogP contribution is 2.08. The maximum absolute atomic E-state index is 11.5. The van der Waals surface area contributed by atoms with Crippen molar-refractivity contribution in [3.05, 3.63) is 0 Å². The quantitative estimate of drug-likeness (QED) is 0.614. The lowest BCUT2D eigenvalue weighted by Crippen LogP contribution is -2.46. The number of carboxylic acid groups (broad SMARTS) is 1. The number of unbranched alkanes of at least 4 members (excludes halogenated alkanes) is 1. The molecule has 0 radical (unpaired) electrons. The molecule has 0 unspecified atom stereocenters. The Balaban J connectivity index is 2.13. The Morgan fingerprint density at radius 1 is 1.10 bits per heavy atom. The van der Waals surface area contributed by atoms with Crippen LogP contribution < -0.4 is 10.6 Å². The van der Waals surface area contributed by atoms with E-state index in [1.165, 1.54) is 0 Å². The van der Waals surface area contributed by atoms with Gasteiger partial charge in [0.2, 0.25) is 5.91 Å². The summed E-state index contributed by atoms with van der Waals surface area (Å²) >= 11 is 0. The lowest BCUT2D eigenvalue weighted by molar-refractivity contribution is -0.137. The number of carboxylic acids is 1. The highest BCUT2D eigenvalue weighted by molar-refractivity contribution is 7.85. The van der Waals surface area contributed by atoms with Crippen LogP contribution in [0.2, 0.25) is 0 Å². The Morgan fingerprint density at radius 3 is 2.30 bits per heavy atom. The topological polar surface area (TPSA) is 113 Å². The van der Waals surface area contributed by atoms with Crippen molar-refractivity contribution in [1.82, 2.24) is 10.6 Å². The summed E-state index contributed by atoms with van der Waals surface area (Å²) in [5.41, 5.74) is 0. The van der Waals surface area contributed by atoms with Crippen molar-refractivity contribution in [2.24, 2.45) is 0 Å². The van der Waals surface area contributed by atoms with Crippen molar-refractivity contribution in [2.45, 2.75) is 44.6 Å². The molecule has 0 atom stereocenters. The van der Waals surface area contributed by atoms with Crippen molar-refractivity contribution in [3.8, 4) is 0 Å². The average molecular weight is 304 g/mol. The number of carbonyl (C=O) groups is 3. The maximum Gasteiger partial charge on any atom is 0.321 e. The summed E-state index contributed by atoms with van der Waals surface area (Å²) in [4.78, 5) is 33.2. The van der Waals surface area contributed by atoms with E-state index in [9.17, 15) is 18.6 Å². The van der Waals surface area contributed by atoms with Crippen molar-refractivity contribution < 1.29 is 23.7 Å². The maximum atomic E-state index is 11.5. The third-order valence-corrected chi connectivity index (χ3v) is 4.40. The number of amides is 3. The summed E-state index contributed by atoms with van der Waals surface area (Å²) in [6.45, 7) is 0. The number of aliphatic carboxylic acids is 1. The number of urea groups is 1. The van der Waals surface area contributed by atoms with Gasteiger partial charge in [-0.05, 0) is 25.7 Å². The van der Waals surface area contributed by atoms with Gasteiger partial charge >= 0.3 is 12.0 Å². The molecular weight excluding hydrogens is 284 g/mol. The van der Waals surface area contributed by atoms with Crippen molar-refractivity contribution in [2.75, 3.05) is 11.5 Å². The summed E-state index contributed by atoms with van der Waals surface area (Å²) in [7, 11) is -0.782. The molecule has 3 amide bonds. The molecule has 1 aliphatic rings. The van der Waals surface area contributed by atoms with Crippen LogP contribution in [0.4, 0.5) is 4.79 Å². The lowest BCUT2D eigenvalue weighted by Gasteiger charge is -2.22. The van der Waals surface area contributed by atoms with E-state index in [2.05, 4.69) is 10.6 Å². The molecular formula is C12H20N2O5S. The zero-order valence-corrected chi connectivity index (χ0v) is 12.0. The van der Waals surface area contributed by atoms with E-state index in [-0.39, 0.29) is 18.9 Å². The van der Waals surface area contributed by atoms with Gasteiger partial charge in [0, 0.05) is 41.2 Å². The highest BCUT2D eigenvalue weighted by Gasteiger charge is 2.20. The largest absolute Gasteiger partial charge is 0.481 e. The van der Waals surface area contributed by atoms with E-state index in [0.29, 0.717) is 37.2 Å². The van der Waals surface area contributed by atoms with Crippen LogP contribution in [0.15, 0.2) is 0 Å². The molecule has 0 aromatic heterocycles. The van der Waals surface area contributed by atoms with Gasteiger partial charge in [-0.3, -0.25) is 19.1 Å². The van der Waals surface area contributed by atoms with Crippen LogP contribution in [-0.2, 0) is 20.4 Å². The highest BCUT2D eigenvalue weighted by atomic mass is 32.2. The van der Waals surface area contributed by atoms with Crippen LogP contribution in [0.1, 0.15) is 38.5 Å². The van der Waals surface area contributed by atoms with Crippen LogP contribution in [0, 0.1) is 0 Å². The monoisotopic (exact) mass is 304 g/mol. The molecule has 20 heavy (non-hydrogen) atoms. The van der Waals surface area contributed by atoms with E-state index < -0.39 is 28.7 Å². The summed E-state index contributed by atoms with van der Waals surface area (Å²) < 4.78 is 11.2. The number of rotatable bonds is 6. The van der Waals surface area contributed by atoms with Gasteiger partial charge in [0.25, 0.3) is 0 Å². The van der Waals surface area contributed by atoms with E-state index in [1.54, 1.807) is 0 Å². The molecule has 0 spiro atoms. The molecule has 3 N–H and O–H groups in total. The fourth-order valence-corrected chi connectivity index (χ4v) is 3.21. The SMILES string of the molecule is O=C(O)CCCCC(=O)NC(=O)NC1CCS(=O)CC1. The van der Waals surface area contributed by atoms with Gasteiger partial charge in [0.1, 0.15) is 0 Å². The van der Waals surface area contributed by atoms with Crippen molar-refractivity contribution in [3.63, 3.8) is 0 Å². The second kappa shape index (κ2) is 8.68. The molecule has 1 aliphatic heterocycles. The number of hydrogen-bond acceptors (Lipinski definition) is 4. The van der Waals surface area contributed by atoms with Crippen LogP contribution in [0.3, 0.4) is 0 Å². The summed E-state index contributed by atoms with van der Waals surface area (Å²) in [5, 5.41) is 13.3. The molecule has 8 heteroatoms. The number of hydrogen-bond donors (Lipinski definition) is 3. The smallest absolute Gasteiger partial charge is 0.321 e. The minimum atomic E-state index is -0.891. The van der Waals surface area contributed by atoms with E-state index in [1.807, 2.05) is 0 Å². The second-order valence-electron chi connectivity index (χ2n) is 4.74. The Kier molecular flexibility index (Phi) is 7.21. The van der Waals surface area contributed by atoms with E-state index in [0.717, 1.165) is 0 Å². The normalized spacial score (nSPS) is 22.0. The van der Waals surface area contributed by atoms with Gasteiger partial charge in [-0.2, -0.15) is 0 Å². The molecule has 0 aromatic rings. The lowest BCUT2D eigenvalue weighted by atomic mass is 10.1. The second-order valence-corrected chi connectivity index (χ2v) is 6.44. The van der Waals surface area contributed by atoms with Gasteiger partial charge < -0.3 is 10.4 Å². The molecule has 0 aliphatic carbocycles. The molecule has 7 nitrogen and oxygen atoms in total. The zero-order chi connectivity index (χ0) is 15.0. The van der Waals surface area contributed by atoms with Crippen LogP contribution in [0.25, 0.3) is 0 Å². The fourth-order valence-electron chi connectivity index (χ4n) is 1.91. The van der Waals surface area contributed by atoms with Gasteiger partial charge in [-0.15, -0.1) is 0 Å². The first-order valence-electron chi connectivity index (χ1n) is 6.64. The predicted molar refractivity (Wildman–Crippen MR) is 73.7 cm³/mol. The van der Waals surface area contributed by atoms with Gasteiger partial charge in [0.05, 0.1) is 0 Å². The van der Waals surface area contributed by atoms with E-state index in [4.69, 9.17) is 5.11 Å². The zero-order valence-electron chi connectivity index (χ0n) is 11.2. The van der Waals surface area contributed by atoms with Crippen molar-refractivity contribution >= 4 is 28.7 Å². The number of carbonyl (C=O) groups excluding carboxylic acids is 2. The van der Waals surface area contributed by atoms with Crippen molar-refractivity contribution in [1.29, 1.82) is 0 Å². The third kappa shape index (κ3) is 7.22. The molecule has 0 bridgehead atoms. The number of imide groups is 1. The average Bonchev–Trinajstić information content (AvgIpc) is 2.37. The van der Waals surface area contributed by atoms with Gasteiger partial charge in [-0.25, -0.2) is 4.79 Å². The first-order chi connectivity index (χ1) is 9.47.